The molecule has 120 valence electrons. The molecule has 0 aliphatic carbocycles. The maximum absolute atomic E-state index is 13.1. The highest BCUT2D eigenvalue weighted by Crippen LogP contribution is 2.20. The number of halogens is 2. The number of H-pyrrole nitrogens is 1. The molecule has 0 radical (unpaired) electrons. The molecule has 0 amide bonds. The zero-order valence-electron chi connectivity index (χ0n) is 12.0. The van der Waals surface area contributed by atoms with Crippen molar-refractivity contribution in [2.75, 3.05) is 6.54 Å². The summed E-state index contributed by atoms with van der Waals surface area (Å²) >= 11 is 5.63. The van der Waals surface area contributed by atoms with Gasteiger partial charge in [-0.3, -0.25) is 0 Å². The first-order valence-electron chi connectivity index (χ1n) is 6.97. The van der Waals surface area contributed by atoms with Crippen LogP contribution in [0.5, 0.6) is 0 Å². The van der Waals surface area contributed by atoms with Crippen molar-refractivity contribution in [3.05, 3.63) is 65.1 Å². The summed E-state index contributed by atoms with van der Waals surface area (Å²) in [5.74, 6) is -0.649. The normalized spacial score (nSPS) is 11.9. The fourth-order valence-electron chi connectivity index (χ4n) is 2.39. The molecule has 0 saturated carbocycles. The summed E-state index contributed by atoms with van der Waals surface area (Å²) in [6, 6.07) is 11.1. The lowest BCUT2D eigenvalue weighted by Gasteiger charge is -2.07. The van der Waals surface area contributed by atoms with Crippen LogP contribution in [-0.4, -0.2) is 19.9 Å². The molecule has 2 aromatic carbocycles. The Balaban J connectivity index is 1.71. The molecule has 0 spiro atoms. The van der Waals surface area contributed by atoms with Gasteiger partial charge >= 0.3 is 0 Å². The molecule has 1 heterocycles. The van der Waals surface area contributed by atoms with Gasteiger partial charge in [-0.15, -0.1) is 0 Å². The quantitative estimate of drug-likeness (QED) is 0.738. The maximum Gasteiger partial charge on any atom is 0.240 e. The van der Waals surface area contributed by atoms with Gasteiger partial charge in [-0.25, -0.2) is 17.5 Å². The molecule has 4 nitrogen and oxygen atoms in total. The van der Waals surface area contributed by atoms with Gasteiger partial charge < -0.3 is 4.98 Å². The second kappa shape index (κ2) is 6.31. The van der Waals surface area contributed by atoms with Crippen LogP contribution in [0.15, 0.2) is 53.6 Å². The average molecular weight is 353 g/mol. The third-order valence-corrected chi connectivity index (χ3v) is 5.31. The standard InChI is InChI=1S/C16H14ClFN2O2S/c17-14-9-12(5-6-15(14)18)23(21,22)20-8-7-11-10-19-16-4-2-1-3-13(11)16/h1-6,9-10,19-20H,7-8H2. The number of sulfonamides is 1. The second-order valence-electron chi connectivity index (χ2n) is 5.08. The Hall–Kier alpha value is -1.89. The number of benzene rings is 2. The molecule has 0 fully saturated rings. The Labute approximate surface area is 138 Å². The number of nitrogens with one attached hydrogen (secondary N) is 2. The number of aromatic amines is 1. The van der Waals surface area contributed by atoms with Crippen LogP contribution in [0.2, 0.25) is 5.02 Å². The number of hydrogen-bond donors (Lipinski definition) is 2. The zero-order chi connectivity index (χ0) is 16.4. The predicted molar refractivity (Wildman–Crippen MR) is 88.6 cm³/mol. The van der Waals surface area contributed by atoms with E-state index in [9.17, 15) is 12.8 Å². The molecule has 3 aromatic rings. The molecule has 0 saturated heterocycles. The van der Waals surface area contributed by atoms with Crippen LogP contribution in [0.25, 0.3) is 10.9 Å². The fraction of sp³-hybridized carbons (Fsp3) is 0.125. The molecule has 0 aliphatic rings. The van der Waals surface area contributed by atoms with E-state index in [4.69, 9.17) is 11.6 Å². The van der Waals surface area contributed by atoms with Crippen LogP contribution >= 0.6 is 11.6 Å². The summed E-state index contributed by atoms with van der Waals surface area (Å²) in [6.45, 7) is 0.235. The highest BCUT2D eigenvalue weighted by molar-refractivity contribution is 7.89. The first-order chi connectivity index (χ1) is 11.0. The monoisotopic (exact) mass is 352 g/mol. The minimum atomic E-state index is -3.72. The average Bonchev–Trinajstić information content (AvgIpc) is 2.93. The van der Waals surface area contributed by atoms with E-state index in [-0.39, 0.29) is 16.5 Å². The molecule has 0 unspecified atom stereocenters. The van der Waals surface area contributed by atoms with E-state index < -0.39 is 15.8 Å². The van der Waals surface area contributed by atoms with Gasteiger partial charge in [0.15, 0.2) is 0 Å². The third kappa shape index (κ3) is 3.39. The molecule has 0 aliphatic heterocycles. The number of aromatic nitrogens is 1. The van der Waals surface area contributed by atoms with Crippen LogP contribution in [-0.2, 0) is 16.4 Å². The molecule has 1 aromatic heterocycles. The first-order valence-corrected chi connectivity index (χ1v) is 8.83. The lowest BCUT2D eigenvalue weighted by Crippen LogP contribution is -2.26. The Morgan fingerprint density at radius 1 is 1.17 bits per heavy atom. The van der Waals surface area contributed by atoms with Crippen molar-refractivity contribution in [2.45, 2.75) is 11.3 Å². The first kappa shape index (κ1) is 16.0. The lowest BCUT2D eigenvalue weighted by molar-refractivity contribution is 0.581. The summed E-state index contributed by atoms with van der Waals surface area (Å²) < 4.78 is 40.0. The number of hydrogen-bond acceptors (Lipinski definition) is 2. The van der Waals surface area contributed by atoms with Gasteiger partial charge in [-0.05, 0) is 36.2 Å². The van der Waals surface area contributed by atoms with Gasteiger partial charge in [0.25, 0.3) is 0 Å². The Morgan fingerprint density at radius 3 is 2.74 bits per heavy atom. The molecular weight excluding hydrogens is 339 g/mol. The van der Waals surface area contributed by atoms with Gasteiger partial charge in [0.2, 0.25) is 10.0 Å². The Bertz CT molecular complexity index is 954. The maximum atomic E-state index is 13.1. The molecule has 3 rings (SSSR count). The van der Waals surface area contributed by atoms with Crippen LogP contribution in [0.1, 0.15) is 5.56 Å². The molecule has 23 heavy (non-hydrogen) atoms. The number of rotatable bonds is 5. The largest absolute Gasteiger partial charge is 0.361 e. The van der Waals surface area contributed by atoms with Crippen LogP contribution in [0.3, 0.4) is 0 Å². The fourth-order valence-corrected chi connectivity index (χ4v) is 3.69. The van der Waals surface area contributed by atoms with Gasteiger partial charge in [-0.1, -0.05) is 29.8 Å². The minimum absolute atomic E-state index is 0.0529. The topological polar surface area (TPSA) is 62.0 Å². The van der Waals surface area contributed by atoms with Crippen molar-refractivity contribution >= 4 is 32.5 Å². The van der Waals surface area contributed by atoms with Crippen molar-refractivity contribution in [1.29, 1.82) is 0 Å². The van der Waals surface area contributed by atoms with E-state index in [0.29, 0.717) is 6.42 Å². The molecule has 7 heteroatoms. The Kier molecular flexibility index (Phi) is 4.39. The van der Waals surface area contributed by atoms with Gasteiger partial charge in [-0.2, -0.15) is 0 Å². The SMILES string of the molecule is O=S(=O)(NCCc1c[nH]c2ccccc12)c1ccc(F)c(Cl)c1. The van der Waals surface area contributed by atoms with E-state index >= 15 is 0 Å². The van der Waals surface area contributed by atoms with Crippen LogP contribution < -0.4 is 4.72 Å². The predicted octanol–water partition coefficient (Wildman–Crippen LogP) is 3.48. The summed E-state index contributed by atoms with van der Waals surface area (Å²) in [7, 11) is -3.72. The zero-order valence-corrected chi connectivity index (χ0v) is 13.6. The van der Waals surface area contributed by atoms with E-state index in [0.717, 1.165) is 28.6 Å². The van der Waals surface area contributed by atoms with E-state index in [1.165, 1.54) is 6.07 Å². The molecule has 0 atom stereocenters. The Morgan fingerprint density at radius 2 is 1.96 bits per heavy atom. The summed E-state index contributed by atoms with van der Waals surface area (Å²) in [5, 5.41) is 0.848. The van der Waals surface area contributed by atoms with E-state index in [1.807, 2.05) is 30.5 Å². The highest BCUT2D eigenvalue weighted by Gasteiger charge is 2.15. The summed E-state index contributed by atoms with van der Waals surface area (Å²) in [4.78, 5) is 3.09. The van der Waals surface area contributed by atoms with Crippen molar-refractivity contribution in [2.24, 2.45) is 0 Å². The van der Waals surface area contributed by atoms with Gasteiger partial charge in [0.1, 0.15) is 5.82 Å². The van der Waals surface area contributed by atoms with Gasteiger partial charge in [0.05, 0.1) is 9.92 Å². The number of fused-ring (bicyclic) bond motifs is 1. The van der Waals surface area contributed by atoms with Gasteiger partial charge in [0, 0.05) is 23.6 Å². The number of para-hydroxylation sites is 1. The van der Waals surface area contributed by atoms with E-state index in [1.54, 1.807) is 0 Å². The molecular formula is C16H14ClFN2O2S. The van der Waals surface area contributed by atoms with Crippen LogP contribution in [0.4, 0.5) is 4.39 Å². The molecule has 2 N–H and O–H groups in total. The van der Waals surface area contributed by atoms with Crippen LogP contribution in [0, 0.1) is 5.82 Å². The molecule has 0 bridgehead atoms. The highest BCUT2D eigenvalue weighted by atomic mass is 35.5. The van der Waals surface area contributed by atoms with Crippen molar-refractivity contribution < 1.29 is 12.8 Å². The minimum Gasteiger partial charge on any atom is -0.361 e. The smallest absolute Gasteiger partial charge is 0.240 e. The van der Waals surface area contributed by atoms with Crippen molar-refractivity contribution in [1.82, 2.24) is 9.71 Å². The van der Waals surface area contributed by atoms with Crippen molar-refractivity contribution in [3.8, 4) is 0 Å². The summed E-state index contributed by atoms with van der Waals surface area (Å²) in [6.07, 6.45) is 2.41. The summed E-state index contributed by atoms with van der Waals surface area (Å²) in [5.41, 5.74) is 2.04. The lowest BCUT2D eigenvalue weighted by atomic mass is 10.1. The third-order valence-electron chi connectivity index (χ3n) is 3.56. The van der Waals surface area contributed by atoms with Crippen molar-refractivity contribution in [3.63, 3.8) is 0 Å². The van der Waals surface area contributed by atoms with E-state index in [2.05, 4.69) is 9.71 Å². The second-order valence-corrected chi connectivity index (χ2v) is 7.26.